The van der Waals surface area contributed by atoms with Crippen LogP contribution in [0.4, 0.5) is 0 Å². The molecule has 1 heteroatoms. The molecular formula is C11H24Si. The Bertz CT molecular complexity index is 126. The van der Waals surface area contributed by atoms with Gasteiger partial charge in [0.05, 0.1) is 8.07 Å². The lowest BCUT2D eigenvalue weighted by Gasteiger charge is -2.49. The van der Waals surface area contributed by atoms with Crippen LogP contribution in [0.1, 0.15) is 47.0 Å². The van der Waals surface area contributed by atoms with E-state index in [1.807, 2.05) is 0 Å². The van der Waals surface area contributed by atoms with E-state index in [1.165, 1.54) is 12.8 Å². The van der Waals surface area contributed by atoms with Gasteiger partial charge >= 0.3 is 0 Å². The van der Waals surface area contributed by atoms with Crippen LogP contribution in [0.3, 0.4) is 0 Å². The van der Waals surface area contributed by atoms with E-state index in [-0.39, 0.29) is 0 Å². The maximum absolute atomic E-state index is 2.51. The highest BCUT2D eigenvalue weighted by Crippen LogP contribution is 2.51. The average molecular weight is 184 g/mol. The highest BCUT2D eigenvalue weighted by molar-refractivity contribution is 6.84. The Labute approximate surface area is 78.8 Å². The van der Waals surface area contributed by atoms with Gasteiger partial charge in [0, 0.05) is 0 Å². The molecule has 1 rings (SSSR count). The third-order valence-corrected chi connectivity index (χ3v) is 11.8. The van der Waals surface area contributed by atoms with E-state index >= 15 is 0 Å². The topological polar surface area (TPSA) is 0 Å². The molecule has 2 atom stereocenters. The lowest BCUT2D eigenvalue weighted by Crippen LogP contribution is -2.48. The predicted molar refractivity (Wildman–Crippen MR) is 59.4 cm³/mol. The summed E-state index contributed by atoms with van der Waals surface area (Å²) < 4.78 is 0. The molecule has 12 heavy (non-hydrogen) atoms. The molecule has 0 aliphatic carbocycles. The first-order valence-corrected chi connectivity index (χ1v) is 8.24. The van der Waals surface area contributed by atoms with Crippen molar-refractivity contribution < 1.29 is 0 Å². The third-order valence-electron chi connectivity index (χ3n) is 4.47. The molecule has 0 nitrogen and oxygen atoms in total. The maximum atomic E-state index is 2.51. The minimum atomic E-state index is -0.750. The van der Waals surface area contributed by atoms with E-state index < -0.39 is 8.07 Å². The minimum absolute atomic E-state index is 0.750. The van der Waals surface area contributed by atoms with Crippen molar-refractivity contribution >= 4 is 8.07 Å². The first kappa shape index (κ1) is 10.3. The molecule has 1 heterocycles. The Morgan fingerprint density at radius 3 is 1.58 bits per heavy atom. The molecular weight excluding hydrogens is 160 g/mol. The number of hydrogen-bond acceptors (Lipinski definition) is 0. The molecule has 0 aromatic carbocycles. The Hall–Kier alpha value is 0.217. The van der Waals surface area contributed by atoms with Crippen LogP contribution < -0.4 is 0 Å². The molecule has 2 unspecified atom stereocenters. The molecule has 0 bridgehead atoms. The number of rotatable bonds is 4. The van der Waals surface area contributed by atoms with Crippen LogP contribution in [0.25, 0.3) is 0 Å². The monoisotopic (exact) mass is 184 g/mol. The van der Waals surface area contributed by atoms with Crippen LogP contribution in [-0.4, -0.2) is 8.07 Å². The van der Waals surface area contributed by atoms with Gasteiger partial charge in [-0.25, -0.2) is 0 Å². The summed E-state index contributed by atoms with van der Waals surface area (Å²) in [5.74, 6) is 0. The Morgan fingerprint density at radius 1 is 1.00 bits per heavy atom. The molecule has 1 aliphatic heterocycles. The zero-order valence-corrected chi connectivity index (χ0v) is 10.2. The maximum Gasteiger partial charge on any atom is 0.0592 e. The van der Waals surface area contributed by atoms with Gasteiger partial charge in [-0.2, -0.15) is 0 Å². The Morgan fingerprint density at radius 2 is 1.42 bits per heavy atom. The van der Waals surface area contributed by atoms with Crippen molar-refractivity contribution in [1.82, 2.24) is 0 Å². The van der Waals surface area contributed by atoms with Crippen LogP contribution in [0.5, 0.6) is 0 Å². The van der Waals surface area contributed by atoms with Crippen molar-refractivity contribution in [1.29, 1.82) is 0 Å². The van der Waals surface area contributed by atoms with Crippen molar-refractivity contribution in [2.24, 2.45) is 0 Å². The van der Waals surface area contributed by atoms with Gasteiger partial charge in [-0.1, -0.05) is 59.0 Å². The molecule has 0 aromatic heterocycles. The average Bonchev–Trinajstić information content (AvgIpc) is 2.01. The zero-order chi connectivity index (χ0) is 9.19. The summed E-state index contributed by atoms with van der Waals surface area (Å²) in [5, 5.41) is 0. The first-order valence-electron chi connectivity index (χ1n) is 5.67. The summed E-state index contributed by atoms with van der Waals surface area (Å²) in [7, 11) is -0.750. The molecule has 0 spiro atoms. The second-order valence-corrected chi connectivity index (χ2v) is 10.1. The van der Waals surface area contributed by atoms with Gasteiger partial charge in [0.25, 0.3) is 0 Å². The summed E-state index contributed by atoms with van der Waals surface area (Å²) in [6, 6.07) is 3.27. The highest BCUT2D eigenvalue weighted by atomic mass is 28.3. The second-order valence-electron chi connectivity index (χ2n) is 4.71. The van der Waals surface area contributed by atoms with E-state index in [9.17, 15) is 0 Å². The summed E-state index contributed by atoms with van der Waals surface area (Å²) in [5.41, 5.74) is 2.17. The Kier molecular flexibility index (Phi) is 3.39. The number of hydrogen-bond donors (Lipinski definition) is 0. The molecule has 0 aromatic rings. The normalized spacial score (nSPS) is 26.0. The Balaban J connectivity index is 2.61. The van der Waals surface area contributed by atoms with E-state index in [2.05, 4.69) is 27.7 Å². The van der Waals surface area contributed by atoms with Crippen LogP contribution >= 0.6 is 0 Å². The molecule has 1 saturated heterocycles. The van der Waals surface area contributed by atoms with Crippen LogP contribution in [0.2, 0.25) is 23.2 Å². The second kappa shape index (κ2) is 3.95. The van der Waals surface area contributed by atoms with Gasteiger partial charge in [-0.05, 0) is 11.1 Å². The van der Waals surface area contributed by atoms with Gasteiger partial charge in [0.1, 0.15) is 0 Å². The smallest absolute Gasteiger partial charge is 0.0592 e. The quantitative estimate of drug-likeness (QED) is 0.567. The fourth-order valence-corrected chi connectivity index (χ4v) is 8.61. The van der Waals surface area contributed by atoms with E-state index in [4.69, 9.17) is 0 Å². The van der Waals surface area contributed by atoms with Crippen LogP contribution in [0, 0.1) is 0 Å². The summed E-state index contributed by atoms with van der Waals surface area (Å²) >= 11 is 0. The zero-order valence-electron chi connectivity index (χ0n) is 9.19. The van der Waals surface area contributed by atoms with Gasteiger partial charge in [-0.15, -0.1) is 0 Å². The summed E-state index contributed by atoms with van der Waals surface area (Å²) in [4.78, 5) is 0. The van der Waals surface area contributed by atoms with Gasteiger partial charge in [0.2, 0.25) is 0 Å². The van der Waals surface area contributed by atoms with Gasteiger partial charge < -0.3 is 0 Å². The lowest BCUT2D eigenvalue weighted by atomic mass is 10.3. The molecule has 72 valence electrons. The summed E-state index contributed by atoms with van der Waals surface area (Å²) in [6.07, 6.45) is 4.40. The molecule has 0 saturated carbocycles. The van der Waals surface area contributed by atoms with Crippen LogP contribution in [-0.2, 0) is 0 Å². The van der Waals surface area contributed by atoms with Crippen molar-refractivity contribution in [2.75, 3.05) is 0 Å². The largest absolute Gasteiger partial charge is 0.0654 e. The van der Waals surface area contributed by atoms with Crippen molar-refractivity contribution in [3.63, 3.8) is 0 Å². The fraction of sp³-hybridized carbons (Fsp3) is 1.00. The van der Waals surface area contributed by atoms with Crippen molar-refractivity contribution in [3.05, 3.63) is 0 Å². The SMILES string of the molecule is CCC(C)[Si]1(C(C)CC)CCC1. The highest BCUT2D eigenvalue weighted by Gasteiger charge is 2.46. The summed E-state index contributed by atoms with van der Waals surface area (Å²) in [6.45, 7) is 9.77. The predicted octanol–water partition coefficient (Wildman–Crippen LogP) is 4.44. The minimum Gasteiger partial charge on any atom is -0.0654 e. The molecule has 0 radical (unpaired) electrons. The van der Waals surface area contributed by atoms with Gasteiger partial charge in [0.15, 0.2) is 0 Å². The molecule has 0 N–H and O–H groups in total. The third kappa shape index (κ3) is 1.48. The van der Waals surface area contributed by atoms with Crippen molar-refractivity contribution in [2.45, 2.75) is 70.1 Å². The molecule has 1 fully saturated rings. The van der Waals surface area contributed by atoms with E-state index in [0.717, 1.165) is 11.1 Å². The lowest BCUT2D eigenvalue weighted by molar-refractivity contribution is 0.677. The van der Waals surface area contributed by atoms with E-state index in [1.54, 1.807) is 18.5 Å². The van der Waals surface area contributed by atoms with Gasteiger partial charge in [-0.3, -0.25) is 0 Å². The van der Waals surface area contributed by atoms with Crippen molar-refractivity contribution in [3.8, 4) is 0 Å². The molecule has 0 amide bonds. The molecule has 1 aliphatic rings. The first-order chi connectivity index (χ1) is 5.67. The fourth-order valence-electron chi connectivity index (χ4n) is 2.87. The van der Waals surface area contributed by atoms with Crippen LogP contribution in [0.15, 0.2) is 0 Å². The van der Waals surface area contributed by atoms with E-state index in [0.29, 0.717) is 0 Å². The standard InChI is InChI=1S/C11H24Si/c1-5-10(3)12(8-7-9-12)11(4)6-2/h10-11H,5-9H2,1-4H3.